The van der Waals surface area contributed by atoms with Gasteiger partial charge in [-0.1, -0.05) is 24.2 Å². The molecule has 1 N–H and O–H groups in total. The number of pyridine rings is 1. The van der Waals surface area contributed by atoms with Gasteiger partial charge in [-0.15, -0.1) is 0 Å². The van der Waals surface area contributed by atoms with Crippen LogP contribution in [0.5, 0.6) is 0 Å². The first-order chi connectivity index (χ1) is 22.1. The summed E-state index contributed by atoms with van der Waals surface area (Å²) in [5.74, 6) is -1.56. The number of imidazole rings is 1. The number of halogens is 3. The predicted octanol–water partition coefficient (Wildman–Crippen LogP) is 6.71. The summed E-state index contributed by atoms with van der Waals surface area (Å²) in [6, 6.07) is 11.8. The van der Waals surface area contributed by atoms with E-state index >= 15 is 4.39 Å². The maximum atomic E-state index is 15.7. The zero-order chi connectivity index (χ0) is 32.7. The molecule has 2 aromatic carbocycles. The largest absolute Gasteiger partial charge is 0.330 e. The zero-order valence-electron chi connectivity index (χ0n) is 25.6. The number of anilines is 1. The van der Waals surface area contributed by atoms with Crippen molar-refractivity contribution in [2.75, 3.05) is 12.4 Å². The fourth-order valence-corrected chi connectivity index (χ4v) is 5.81. The number of fused-ring (bicyclic) bond motifs is 3. The highest BCUT2D eigenvalue weighted by Crippen LogP contribution is 2.42. The number of carbonyl (C=O) groups is 2. The summed E-state index contributed by atoms with van der Waals surface area (Å²) in [5, 5.41) is 2.63. The Labute approximate surface area is 270 Å². The van der Waals surface area contributed by atoms with Crippen LogP contribution in [0.4, 0.5) is 14.6 Å². The van der Waals surface area contributed by atoms with E-state index in [4.69, 9.17) is 11.6 Å². The van der Waals surface area contributed by atoms with Crippen molar-refractivity contribution in [1.82, 2.24) is 24.3 Å². The fraction of sp³-hybridized carbons (Fsp3) is 0.265. The minimum atomic E-state index is -0.767. The Morgan fingerprint density at radius 3 is 2.59 bits per heavy atom. The number of aliphatic imine (C=N–C) groups is 1. The maximum absolute atomic E-state index is 15.7. The van der Waals surface area contributed by atoms with E-state index in [1.165, 1.54) is 29.2 Å². The molecule has 3 heterocycles. The van der Waals surface area contributed by atoms with E-state index in [0.29, 0.717) is 22.8 Å². The summed E-state index contributed by atoms with van der Waals surface area (Å²) >= 11 is 5.85. The summed E-state index contributed by atoms with van der Waals surface area (Å²) in [4.78, 5) is 44.1. The van der Waals surface area contributed by atoms with Crippen molar-refractivity contribution in [3.8, 4) is 5.69 Å². The second-order valence-electron chi connectivity index (χ2n) is 11.6. The number of nitrogens with zero attached hydrogens (tertiary/aromatic N) is 6. The molecule has 2 aromatic heterocycles. The number of hydrogen-bond acceptors (Lipinski definition) is 5. The van der Waals surface area contributed by atoms with Crippen LogP contribution in [0.25, 0.3) is 5.69 Å². The number of amidine groups is 1. The monoisotopic (exact) mass is 643 g/mol. The number of rotatable bonds is 7. The van der Waals surface area contributed by atoms with Crippen LogP contribution < -0.4 is 5.32 Å². The Morgan fingerprint density at radius 1 is 1.13 bits per heavy atom. The van der Waals surface area contributed by atoms with Crippen LogP contribution in [0.1, 0.15) is 76.0 Å². The quantitative estimate of drug-likeness (QED) is 0.178. The SMILES string of the molecule is C=CN(/C(=N\C)c1cccc(NC(=O)c2cc3c(cc2F)CN(C(=O)c2ccc(Cl)c(F)c2)Cc2c(C4CC4)ncn2-3)n1)C(C)C. The molecule has 1 saturated carbocycles. The van der Waals surface area contributed by atoms with Gasteiger partial charge in [0.15, 0.2) is 5.84 Å². The first-order valence-electron chi connectivity index (χ1n) is 14.9. The van der Waals surface area contributed by atoms with Crippen molar-refractivity contribution >= 4 is 35.1 Å². The van der Waals surface area contributed by atoms with Gasteiger partial charge in [-0.25, -0.2) is 18.7 Å². The molecule has 1 aliphatic heterocycles. The molecule has 0 saturated heterocycles. The molecule has 46 heavy (non-hydrogen) atoms. The fourth-order valence-electron chi connectivity index (χ4n) is 5.69. The standard InChI is InChI=1S/C34H32ClF2N7O2/c1-5-43(19(2)3)32(38-4)27-7-6-8-30(40-27)41-33(45)23-15-28-22(14-25(23)36)16-42(34(46)21-11-12-24(35)26(37)13-21)17-29-31(20-9-10-20)39-18-44(28)29/h5-8,11-15,18-20H,1,9-10,16-17H2,2-4H3,(H,40,41,45)/b38-32-. The van der Waals surface area contributed by atoms with Gasteiger partial charge in [-0.3, -0.25) is 14.6 Å². The van der Waals surface area contributed by atoms with Crippen LogP contribution in [-0.4, -0.2) is 55.1 Å². The zero-order valence-corrected chi connectivity index (χ0v) is 26.4. The van der Waals surface area contributed by atoms with Gasteiger partial charge in [-0.05, 0) is 80.9 Å². The van der Waals surface area contributed by atoms with Crippen LogP contribution in [0, 0.1) is 11.6 Å². The molecule has 1 aliphatic carbocycles. The maximum Gasteiger partial charge on any atom is 0.259 e. The highest BCUT2D eigenvalue weighted by Gasteiger charge is 2.34. The summed E-state index contributed by atoms with van der Waals surface area (Å²) in [6.07, 6.45) is 5.26. The van der Waals surface area contributed by atoms with E-state index in [9.17, 15) is 14.0 Å². The summed E-state index contributed by atoms with van der Waals surface area (Å²) in [5.41, 5.74) is 3.05. The highest BCUT2D eigenvalue weighted by atomic mass is 35.5. The second-order valence-corrected chi connectivity index (χ2v) is 12.0. The lowest BCUT2D eigenvalue weighted by molar-refractivity contribution is 0.0729. The van der Waals surface area contributed by atoms with E-state index in [1.54, 1.807) is 37.8 Å². The van der Waals surface area contributed by atoms with Gasteiger partial charge in [-0.2, -0.15) is 0 Å². The topological polar surface area (TPSA) is 95.7 Å². The Bertz CT molecular complexity index is 1900. The summed E-state index contributed by atoms with van der Waals surface area (Å²) in [6.45, 7) is 8.05. The number of aromatic nitrogens is 3. The molecule has 2 amide bonds. The molecule has 0 unspecified atom stereocenters. The van der Waals surface area contributed by atoms with E-state index in [0.717, 1.165) is 30.3 Å². The van der Waals surface area contributed by atoms with Crippen molar-refractivity contribution < 1.29 is 18.4 Å². The molecule has 2 aliphatic rings. The van der Waals surface area contributed by atoms with Gasteiger partial charge in [0.25, 0.3) is 11.8 Å². The number of amides is 2. The van der Waals surface area contributed by atoms with Gasteiger partial charge in [0.2, 0.25) is 0 Å². The summed E-state index contributed by atoms with van der Waals surface area (Å²) < 4.78 is 31.8. The minimum absolute atomic E-state index is 0.0292. The highest BCUT2D eigenvalue weighted by molar-refractivity contribution is 6.30. The van der Waals surface area contributed by atoms with Gasteiger partial charge in [0, 0.05) is 31.1 Å². The molecular weight excluding hydrogens is 612 g/mol. The number of hydrogen-bond donors (Lipinski definition) is 1. The van der Waals surface area contributed by atoms with Crippen molar-refractivity contribution in [2.24, 2.45) is 4.99 Å². The van der Waals surface area contributed by atoms with Crippen molar-refractivity contribution in [3.05, 3.63) is 118 Å². The smallest absolute Gasteiger partial charge is 0.259 e. The molecule has 0 radical (unpaired) electrons. The first-order valence-corrected chi connectivity index (χ1v) is 15.3. The molecule has 1 fully saturated rings. The average Bonchev–Trinajstić information content (AvgIpc) is 3.82. The van der Waals surface area contributed by atoms with Gasteiger partial charge in [0.05, 0.1) is 40.5 Å². The van der Waals surface area contributed by atoms with E-state index in [-0.39, 0.29) is 47.0 Å². The Morgan fingerprint density at radius 2 is 1.91 bits per heavy atom. The van der Waals surface area contributed by atoms with Crippen molar-refractivity contribution in [3.63, 3.8) is 0 Å². The molecular formula is C34H32ClF2N7O2. The molecule has 6 rings (SSSR count). The Balaban J connectivity index is 1.35. The summed E-state index contributed by atoms with van der Waals surface area (Å²) in [7, 11) is 1.65. The molecule has 0 atom stereocenters. The predicted molar refractivity (Wildman–Crippen MR) is 172 cm³/mol. The third kappa shape index (κ3) is 5.90. The van der Waals surface area contributed by atoms with Crippen LogP contribution in [0.2, 0.25) is 5.02 Å². The van der Waals surface area contributed by atoms with Gasteiger partial charge >= 0.3 is 0 Å². The lowest BCUT2D eigenvalue weighted by atomic mass is 10.1. The third-order valence-electron chi connectivity index (χ3n) is 8.12. The van der Waals surface area contributed by atoms with Crippen LogP contribution >= 0.6 is 11.6 Å². The van der Waals surface area contributed by atoms with E-state index in [2.05, 4.69) is 26.9 Å². The Kier molecular flexibility index (Phi) is 8.43. The number of benzene rings is 2. The van der Waals surface area contributed by atoms with Crippen LogP contribution in [0.15, 0.2) is 72.6 Å². The second kappa shape index (κ2) is 12.5. The third-order valence-corrected chi connectivity index (χ3v) is 8.43. The molecule has 0 spiro atoms. The van der Waals surface area contributed by atoms with E-state index < -0.39 is 23.4 Å². The minimum Gasteiger partial charge on any atom is -0.330 e. The Hall–Kier alpha value is -4.90. The van der Waals surface area contributed by atoms with Gasteiger partial charge in [0.1, 0.15) is 23.1 Å². The molecule has 236 valence electrons. The number of nitrogens with one attached hydrogen (secondary N) is 1. The van der Waals surface area contributed by atoms with Crippen molar-refractivity contribution in [2.45, 2.75) is 51.7 Å². The lowest BCUT2D eigenvalue weighted by Gasteiger charge is -2.25. The number of carbonyl (C=O) groups excluding carboxylic acids is 2. The van der Waals surface area contributed by atoms with Crippen LogP contribution in [-0.2, 0) is 13.1 Å². The van der Waals surface area contributed by atoms with Crippen molar-refractivity contribution in [1.29, 1.82) is 0 Å². The van der Waals surface area contributed by atoms with E-state index in [1.807, 2.05) is 23.3 Å². The molecule has 9 nitrogen and oxygen atoms in total. The normalized spacial score (nSPS) is 14.4. The first kappa shape index (κ1) is 31.1. The lowest BCUT2D eigenvalue weighted by Crippen LogP contribution is -2.33. The average molecular weight is 644 g/mol. The van der Waals surface area contributed by atoms with Gasteiger partial charge < -0.3 is 19.7 Å². The van der Waals surface area contributed by atoms with Crippen LogP contribution in [0.3, 0.4) is 0 Å². The molecule has 12 heteroatoms. The molecule has 0 bridgehead atoms. The molecule has 4 aromatic rings.